The van der Waals surface area contributed by atoms with E-state index in [1.165, 1.54) is 6.07 Å². The molecule has 4 heterocycles. The molecule has 1 aliphatic carbocycles. The summed E-state index contributed by atoms with van der Waals surface area (Å²) in [5.74, 6) is 0.478. The molecule has 202 valence electrons. The Balaban J connectivity index is 1.25. The van der Waals surface area contributed by atoms with Crippen molar-refractivity contribution in [2.45, 2.75) is 37.3 Å². The second kappa shape index (κ2) is 8.38. The number of aromatic nitrogens is 4. The number of amides is 1. The SMILES string of the molecule is Cn1cnnc1CC1(c2cccc(-c3nc4cc(C(=O)N5CCC6(CC6)C5)cc(C(F)(F)F)c4o3)c2)COC1. The summed E-state index contributed by atoms with van der Waals surface area (Å²) < 4.78 is 55.6. The number of carbonyl (C=O) groups excluding carboxylic acids is 1. The highest BCUT2D eigenvalue weighted by molar-refractivity contribution is 5.98. The van der Waals surface area contributed by atoms with Crippen molar-refractivity contribution in [2.24, 2.45) is 12.5 Å². The Morgan fingerprint density at radius 1 is 1.13 bits per heavy atom. The van der Waals surface area contributed by atoms with Crippen molar-refractivity contribution < 1.29 is 27.1 Å². The summed E-state index contributed by atoms with van der Waals surface area (Å²) in [6.45, 7) is 2.13. The zero-order valence-electron chi connectivity index (χ0n) is 21.3. The van der Waals surface area contributed by atoms with Gasteiger partial charge in [0.2, 0.25) is 5.89 Å². The first-order chi connectivity index (χ1) is 18.6. The number of aryl methyl sites for hydroxylation is 1. The average Bonchev–Trinajstić information content (AvgIpc) is 3.19. The van der Waals surface area contributed by atoms with E-state index in [4.69, 9.17) is 9.15 Å². The van der Waals surface area contributed by atoms with E-state index in [-0.39, 0.29) is 33.4 Å². The lowest BCUT2D eigenvalue weighted by atomic mass is 9.75. The van der Waals surface area contributed by atoms with E-state index in [1.54, 1.807) is 17.3 Å². The zero-order chi connectivity index (χ0) is 27.0. The highest BCUT2D eigenvalue weighted by Gasteiger charge is 2.49. The molecule has 2 aliphatic heterocycles. The first-order valence-corrected chi connectivity index (χ1v) is 13.0. The molecule has 2 aromatic carbocycles. The molecule has 0 unspecified atom stereocenters. The van der Waals surface area contributed by atoms with Crippen LogP contribution in [-0.4, -0.2) is 56.9 Å². The van der Waals surface area contributed by atoms with E-state index in [0.29, 0.717) is 38.3 Å². The fourth-order valence-electron chi connectivity index (χ4n) is 5.84. The quantitative estimate of drug-likeness (QED) is 0.364. The zero-order valence-corrected chi connectivity index (χ0v) is 21.3. The van der Waals surface area contributed by atoms with E-state index in [0.717, 1.165) is 36.7 Å². The molecule has 2 aromatic heterocycles. The number of benzene rings is 2. The molecule has 11 heteroatoms. The molecule has 8 nitrogen and oxygen atoms in total. The molecule has 4 aromatic rings. The minimum atomic E-state index is -4.71. The van der Waals surface area contributed by atoms with E-state index >= 15 is 0 Å². The lowest BCUT2D eigenvalue weighted by molar-refractivity contribution is -0.136. The number of halogens is 3. The van der Waals surface area contributed by atoms with E-state index < -0.39 is 17.6 Å². The predicted octanol–water partition coefficient (Wildman–Crippen LogP) is 4.78. The first kappa shape index (κ1) is 24.3. The summed E-state index contributed by atoms with van der Waals surface area (Å²) in [5, 5.41) is 8.16. The molecule has 2 saturated heterocycles. The van der Waals surface area contributed by atoms with Crippen molar-refractivity contribution in [3.63, 3.8) is 0 Å². The van der Waals surface area contributed by atoms with Crippen LogP contribution in [0.2, 0.25) is 0 Å². The average molecular weight is 538 g/mol. The van der Waals surface area contributed by atoms with Crippen LogP contribution in [0, 0.1) is 5.41 Å². The van der Waals surface area contributed by atoms with Crippen LogP contribution >= 0.6 is 0 Å². The third kappa shape index (κ3) is 4.10. The molecule has 0 radical (unpaired) electrons. The van der Waals surface area contributed by atoms with Crippen LogP contribution < -0.4 is 0 Å². The van der Waals surface area contributed by atoms with Crippen LogP contribution in [0.4, 0.5) is 13.2 Å². The van der Waals surface area contributed by atoms with Gasteiger partial charge in [-0.3, -0.25) is 4.79 Å². The van der Waals surface area contributed by atoms with Crippen molar-refractivity contribution in [2.75, 3.05) is 26.3 Å². The smallest absolute Gasteiger partial charge is 0.420 e. The third-order valence-corrected chi connectivity index (χ3v) is 8.51. The third-order valence-electron chi connectivity index (χ3n) is 8.51. The maximum absolute atomic E-state index is 14.1. The van der Waals surface area contributed by atoms with Crippen molar-refractivity contribution in [1.29, 1.82) is 0 Å². The van der Waals surface area contributed by atoms with Gasteiger partial charge in [0.1, 0.15) is 23.2 Å². The molecule has 0 bridgehead atoms. The van der Waals surface area contributed by atoms with Crippen LogP contribution in [0.25, 0.3) is 22.6 Å². The highest BCUT2D eigenvalue weighted by atomic mass is 19.4. The topological polar surface area (TPSA) is 86.3 Å². The molecule has 3 fully saturated rings. The summed E-state index contributed by atoms with van der Waals surface area (Å²) in [4.78, 5) is 19.3. The Hall–Kier alpha value is -3.73. The van der Waals surface area contributed by atoms with Gasteiger partial charge in [-0.15, -0.1) is 10.2 Å². The van der Waals surface area contributed by atoms with Gasteiger partial charge in [-0.1, -0.05) is 12.1 Å². The fourth-order valence-corrected chi connectivity index (χ4v) is 5.84. The van der Waals surface area contributed by atoms with Crippen molar-refractivity contribution in [3.05, 3.63) is 65.2 Å². The number of alkyl halides is 3. The Bertz CT molecular complexity index is 1600. The van der Waals surface area contributed by atoms with Gasteiger partial charge in [-0.05, 0) is 54.5 Å². The number of carbonyl (C=O) groups is 1. The van der Waals surface area contributed by atoms with Crippen molar-refractivity contribution in [3.8, 4) is 11.5 Å². The Kier molecular flexibility index (Phi) is 5.23. The Morgan fingerprint density at radius 3 is 2.59 bits per heavy atom. The lowest BCUT2D eigenvalue weighted by Crippen LogP contribution is -2.49. The van der Waals surface area contributed by atoms with E-state index in [1.807, 2.05) is 29.8 Å². The van der Waals surface area contributed by atoms with E-state index in [2.05, 4.69) is 15.2 Å². The second-order valence-corrected chi connectivity index (χ2v) is 11.3. The molecule has 39 heavy (non-hydrogen) atoms. The van der Waals surface area contributed by atoms with Crippen LogP contribution in [0.3, 0.4) is 0 Å². The van der Waals surface area contributed by atoms with Crippen LogP contribution in [-0.2, 0) is 29.8 Å². The fraction of sp³-hybridized carbons (Fsp3) is 0.429. The summed E-state index contributed by atoms with van der Waals surface area (Å²) in [6.07, 6.45) is 0.576. The minimum absolute atomic E-state index is 0.00897. The van der Waals surface area contributed by atoms with Gasteiger partial charge < -0.3 is 18.6 Å². The Labute approximate surface area is 221 Å². The van der Waals surface area contributed by atoms with Gasteiger partial charge in [-0.25, -0.2) is 4.98 Å². The van der Waals surface area contributed by atoms with Crippen LogP contribution in [0.1, 0.15) is 46.6 Å². The number of ether oxygens (including phenoxy) is 1. The first-order valence-electron chi connectivity index (χ1n) is 13.0. The molecule has 1 amide bonds. The molecular formula is C28H26F3N5O3. The number of hydrogen-bond acceptors (Lipinski definition) is 6. The number of fused-ring (bicyclic) bond motifs is 1. The van der Waals surface area contributed by atoms with Gasteiger partial charge in [0, 0.05) is 43.1 Å². The number of rotatable bonds is 5. The largest absolute Gasteiger partial charge is 0.435 e. The van der Waals surface area contributed by atoms with Crippen LogP contribution in [0.15, 0.2) is 47.1 Å². The monoisotopic (exact) mass is 537 g/mol. The molecule has 0 N–H and O–H groups in total. The van der Waals surface area contributed by atoms with Gasteiger partial charge in [-0.2, -0.15) is 13.2 Å². The van der Waals surface area contributed by atoms with Gasteiger partial charge in [0.05, 0.1) is 13.2 Å². The van der Waals surface area contributed by atoms with Crippen molar-refractivity contribution >= 4 is 17.0 Å². The van der Waals surface area contributed by atoms with Crippen molar-refractivity contribution in [1.82, 2.24) is 24.6 Å². The minimum Gasteiger partial charge on any atom is -0.435 e. The number of oxazole rings is 1. The highest BCUT2D eigenvalue weighted by Crippen LogP contribution is 2.53. The summed E-state index contributed by atoms with van der Waals surface area (Å²) in [6, 6.07) is 9.74. The maximum atomic E-state index is 14.1. The number of hydrogen-bond donors (Lipinski definition) is 0. The van der Waals surface area contributed by atoms with E-state index in [9.17, 15) is 18.0 Å². The summed E-state index contributed by atoms with van der Waals surface area (Å²) in [5.41, 5.74) is -0.0478. The lowest BCUT2D eigenvalue weighted by Gasteiger charge is -2.41. The molecule has 3 aliphatic rings. The molecule has 7 rings (SSSR count). The summed E-state index contributed by atoms with van der Waals surface area (Å²) >= 11 is 0. The van der Waals surface area contributed by atoms with Gasteiger partial charge >= 0.3 is 6.18 Å². The Morgan fingerprint density at radius 2 is 1.95 bits per heavy atom. The summed E-state index contributed by atoms with van der Waals surface area (Å²) in [7, 11) is 1.88. The second-order valence-electron chi connectivity index (χ2n) is 11.3. The van der Waals surface area contributed by atoms with Crippen LogP contribution in [0.5, 0.6) is 0 Å². The predicted molar refractivity (Wildman–Crippen MR) is 134 cm³/mol. The molecular weight excluding hydrogens is 511 g/mol. The normalized spacial score (nSPS) is 19.5. The van der Waals surface area contributed by atoms with Gasteiger partial charge in [0.25, 0.3) is 5.91 Å². The molecule has 1 spiro atoms. The number of nitrogens with zero attached hydrogens (tertiary/aromatic N) is 5. The standard InChI is InChI=1S/C28H26F3N5O3/c1-35-16-32-34-22(35)12-27(14-38-15-27)19-4-2-3-17(9-19)24-33-21-11-18(10-20(23(21)39-24)28(29,30)31)25(37)36-8-7-26(13-36)5-6-26/h2-4,9-11,16H,5-8,12-15H2,1H3. The molecule has 1 saturated carbocycles. The maximum Gasteiger partial charge on any atom is 0.420 e. The van der Waals surface area contributed by atoms with Gasteiger partial charge in [0.15, 0.2) is 5.58 Å². The number of likely N-dealkylation sites (tertiary alicyclic amines) is 1. The molecule has 0 atom stereocenters.